The maximum Gasteiger partial charge on any atom is 0.251 e. The Bertz CT molecular complexity index is 714. The number of nitrogens with one attached hydrogen (secondary N) is 2. The molecule has 24 heavy (non-hydrogen) atoms. The van der Waals surface area contributed by atoms with Crippen LogP contribution in [-0.4, -0.2) is 30.1 Å². The molecule has 1 aliphatic heterocycles. The van der Waals surface area contributed by atoms with E-state index in [1.54, 1.807) is 18.3 Å². The summed E-state index contributed by atoms with van der Waals surface area (Å²) in [7, 11) is 0. The zero-order chi connectivity index (χ0) is 16.9. The summed E-state index contributed by atoms with van der Waals surface area (Å²) in [5.74, 6) is 1.35. The van der Waals surface area contributed by atoms with Crippen molar-refractivity contribution >= 4 is 11.6 Å². The van der Waals surface area contributed by atoms with Gasteiger partial charge in [0.25, 0.3) is 5.91 Å². The summed E-state index contributed by atoms with van der Waals surface area (Å²) in [6.45, 7) is 5.56. The zero-order valence-electron chi connectivity index (χ0n) is 13.8. The van der Waals surface area contributed by atoms with Crippen LogP contribution in [0.4, 0.5) is 5.69 Å². The van der Waals surface area contributed by atoms with Gasteiger partial charge in [0.05, 0.1) is 18.4 Å². The van der Waals surface area contributed by atoms with Gasteiger partial charge in [-0.25, -0.2) is 0 Å². The lowest BCUT2D eigenvalue weighted by molar-refractivity contribution is 0.0943. The van der Waals surface area contributed by atoms with Gasteiger partial charge < -0.3 is 20.1 Å². The first kappa shape index (κ1) is 16.1. The normalized spacial score (nSPS) is 12.8. The quantitative estimate of drug-likeness (QED) is 0.883. The Balaban J connectivity index is 1.59. The van der Waals surface area contributed by atoms with Crippen LogP contribution in [0.3, 0.4) is 0 Å². The second-order valence-electron chi connectivity index (χ2n) is 5.88. The zero-order valence-corrected chi connectivity index (χ0v) is 13.8. The van der Waals surface area contributed by atoms with Crippen LogP contribution >= 0.6 is 0 Å². The summed E-state index contributed by atoms with van der Waals surface area (Å²) in [6.07, 6.45) is 1.69. The number of nitrogens with zero attached hydrogens (tertiary/aromatic N) is 1. The molecule has 0 saturated heterocycles. The van der Waals surface area contributed by atoms with E-state index in [9.17, 15) is 4.79 Å². The van der Waals surface area contributed by atoms with Crippen LogP contribution in [0.1, 0.15) is 29.9 Å². The molecular weight excluding hydrogens is 306 g/mol. The molecule has 2 aromatic rings. The van der Waals surface area contributed by atoms with E-state index in [4.69, 9.17) is 9.47 Å². The Morgan fingerprint density at radius 1 is 1.17 bits per heavy atom. The predicted octanol–water partition coefficient (Wildman–Crippen LogP) is 2.60. The predicted molar refractivity (Wildman–Crippen MR) is 91.6 cm³/mol. The fraction of sp³-hybridized carbons (Fsp3) is 0.333. The van der Waals surface area contributed by atoms with E-state index in [2.05, 4.69) is 15.6 Å². The molecule has 0 unspecified atom stereocenters. The Morgan fingerprint density at radius 3 is 2.58 bits per heavy atom. The molecule has 0 bridgehead atoms. The number of hydrogen-bond acceptors (Lipinski definition) is 5. The molecule has 0 radical (unpaired) electrons. The summed E-state index contributed by atoms with van der Waals surface area (Å²) in [6, 6.07) is 9.37. The van der Waals surface area contributed by atoms with E-state index in [-0.39, 0.29) is 11.9 Å². The van der Waals surface area contributed by atoms with Crippen LogP contribution in [0.25, 0.3) is 0 Å². The fourth-order valence-electron chi connectivity index (χ4n) is 2.36. The van der Waals surface area contributed by atoms with Crippen molar-refractivity contribution in [2.24, 2.45) is 0 Å². The van der Waals surface area contributed by atoms with Crippen LogP contribution in [-0.2, 0) is 6.54 Å². The Morgan fingerprint density at radius 2 is 1.88 bits per heavy atom. The van der Waals surface area contributed by atoms with Crippen LogP contribution in [0.15, 0.2) is 36.5 Å². The van der Waals surface area contributed by atoms with Crippen molar-refractivity contribution in [1.29, 1.82) is 0 Å². The van der Waals surface area contributed by atoms with Gasteiger partial charge in [-0.05, 0) is 38.1 Å². The SMILES string of the molecule is CC(C)NC(=O)c1ccc(NCc2cc3c(cn2)OCCO3)cc1. The number of anilines is 1. The molecule has 126 valence electrons. The molecule has 6 nitrogen and oxygen atoms in total. The van der Waals surface area contributed by atoms with Crippen molar-refractivity contribution in [1.82, 2.24) is 10.3 Å². The maximum atomic E-state index is 11.9. The maximum absolute atomic E-state index is 11.9. The average Bonchev–Trinajstić information content (AvgIpc) is 2.59. The number of carbonyl (C=O) groups excluding carboxylic acids is 1. The molecule has 2 N–H and O–H groups in total. The van der Waals surface area contributed by atoms with Crippen molar-refractivity contribution in [3.8, 4) is 11.5 Å². The minimum atomic E-state index is -0.0648. The fourth-order valence-corrected chi connectivity index (χ4v) is 2.36. The van der Waals surface area contributed by atoms with Crippen LogP contribution < -0.4 is 20.1 Å². The number of fused-ring (bicyclic) bond motifs is 1. The lowest BCUT2D eigenvalue weighted by Gasteiger charge is -2.18. The van der Waals surface area contributed by atoms with Crippen molar-refractivity contribution < 1.29 is 14.3 Å². The number of benzene rings is 1. The number of pyridine rings is 1. The number of rotatable bonds is 5. The van der Waals surface area contributed by atoms with Crippen LogP contribution in [0, 0.1) is 0 Å². The molecule has 6 heteroatoms. The molecule has 2 heterocycles. The second-order valence-corrected chi connectivity index (χ2v) is 5.88. The Kier molecular flexibility index (Phi) is 4.84. The van der Waals surface area contributed by atoms with Gasteiger partial charge in [-0.1, -0.05) is 0 Å². The van der Waals surface area contributed by atoms with Gasteiger partial charge in [-0.15, -0.1) is 0 Å². The first-order chi connectivity index (χ1) is 11.6. The summed E-state index contributed by atoms with van der Waals surface area (Å²) in [5, 5.41) is 6.15. The van der Waals surface area contributed by atoms with Gasteiger partial charge in [0.15, 0.2) is 11.5 Å². The molecule has 0 fully saturated rings. The third kappa shape index (κ3) is 3.95. The molecule has 1 aliphatic rings. The average molecular weight is 327 g/mol. The number of amides is 1. The highest BCUT2D eigenvalue weighted by Gasteiger charge is 2.12. The van der Waals surface area contributed by atoms with Crippen LogP contribution in [0.5, 0.6) is 11.5 Å². The number of aromatic nitrogens is 1. The van der Waals surface area contributed by atoms with E-state index in [0.717, 1.165) is 17.1 Å². The highest BCUT2D eigenvalue weighted by molar-refractivity contribution is 5.94. The van der Waals surface area contributed by atoms with E-state index in [1.165, 1.54) is 0 Å². The van der Waals surface area contributed by atoms with Crippen LogP contribution in [0.2, 0.25) is 0 Å². The summed E-state index contributed by atoms with van der Waals surface area (Å²) in [5.41, 5.74) is 2.43. The largest absolute Gasteiger partial charge is 0.486 e. The van der Waals surface area contributed by atoms with Gasteiger partial charge in [-0.3, -0.25) is 9.78 Å². The number of carbonyl (C=O) groups is 1. The molecule has 0 spiro atoms. The van der Waals surface area contributed by atoms with Crippen molar-refractivity contribution in [2.75, 3.05) is 18.5 Å². The molecular formula is C18H21N3O3. The highest BCUT2D eigenvalue weighted by atomic mass is 16.6. The van der Waals surface area contributed by atoms with Crippen molar-refractivity contribution in [3.05, 3.63) is 47.8 Å². The monoisotopic (exact) mass is 327 g/mol. The number of ether oxygens (including phenoxy) is 2. The Labute approximate surface area is 141 Å². The minimum Gasteiger partial charge on any atom is -0.486 e. The Hall–Kier alpha value is -2.76. The third-order valence-electron chi connectivity index (χ3n) is 3.53. The minimum absolute atomic E-state index is 0.0648. The molecule has 0 atom stereocenters. The number of hydrogen-bond donors (Lipinski definition) is 2. The third-order valence-corrected chi connectivity index (χ3v) is 3.53. The molecule has 3 rings (SSSR count). The van der Waals surface area contributed by atoms with Gasteiger partial charge in [0.2, 0.25) is 0 Å². The summed E-state index contributed by atoms with van der Waals surface area (Å²) in [4.78, 5) is 16.3. The van der Waals surface area contributed by atoms with E-state index in [1.807, 2.05) is 32.0 Å². The smallest absolute Gasteiger partial charge is 0.251 e. The van der Waals surface area contributed by atoms with Crippen molar-refractivity contribution in [3.63, 3.8) is 0 Å². The van der Waals surface area contributed by atoms with Crippen molar-refractivity contribution in [2.45, 2.75) is 26.4 Å². The second kappa shape index (κ2) is 7.21. The molecule has 1 amide bonds. The molecule has 1 aromatic carbocycles. The first-order valence-corrected chi connectivity index (χ1v) is 8.01. The van der Waals surface area contributed by atoms with Gasteiger partial charge in [0, 0.05) is 23.4 Å². The molecule has 0 saturated carbocycles. The highest BCUT2D eigenvalue weighted by Crippen LogP contribution is 2.29. The lowest BCUT2D eigenvalue weighted by atomic mass is 10.2. The first-order valence-electron chi connectivity index (χ1n) is 8.01. The van der Waals surface area contributed by atoms with Gasteiger partial charge in [0.1, 0.15) is 13.2 Å². The molecule has 1 aromatic heterocycles. The summed E-state index contributed by atoms with van der Waals surface area (Å²) >= 11 is 0. The summed E-state index contributed by atoms with van der Waals surface area (Å²) < 4.78 is 11.0. The van der Waals surface area contributed by atoms with Gasteiger partial charge in [-0.2, -0.15) is 0 Å². The topological polar surface area (TPSA) is 72.5 Å². The van der Waals surface area contributed by atoms with Gasteiger partial charge >= 0.3 is 0 Å². The molecule has 0 aliphatic carbocycles. The lowest BCUT2D eigenvalue weighted by Crippen LogP contribution is -2.29. The van der Waals surface area contributed by atoms with E-state index >= 15 is 0 Å². The standard InChI is InChI=1S/C18H21N3O3/c1-12(2)21-18(22)13-3-5-14(6-4-13)19-10-15-9-16-17(11-20-15)24-8-7-23-16/h3-6,9,11-12,19H,7-8,10H2,1-2H3,(H,21,22). The van der Waals surface area contributed by atoms with E-state index < -0.39 is 0 Å². The van der Waals surface area contributed by atoms with E-state index in [0.29, 0.717) is 31.1 Å².